The molecule has 0 aliphatic rings. The van der Waals surface area contributed by atoms with E-state index in [1.165, 1.54) is 0 Å². The number of benzene rings is 2. The third-order valence-electron chi connectivity index (χ3n) is 4.91. The Bertz CT molecular complexity index is 878. The largest absolute Gasteiger partial charge is 0.483 e. The van der Waals surface area contributed by atoms with Crippen molar-refractivity contribution in [3.8, 4) is 5.75 Å². The second kappa shape index (κ2) is 12.5. The normalized spacial score (nSPS) is 10.8. The number of unbranched alkanes of at least 4 members (excludes halogenated alkanes) is 3. The summed E-state index contributed by atoms with van der Waals surface area (Å²) >= 11 is 3.54. The molecule has 0 aliphatic heterocycles. The monoisotopic (exact) mass is 489 g/mol. The maximum absolute atomic E-state index is 12.3. The average molecular weight is 490 g/mol. The van der Waals surface area contributed by atoms with Crippen molar-refractivity contribution >= 4 is 33.5 Å². The number of ether oxygens (including phenoxy) is 2. The molecule has 2 aromatic rings. The number of esters is 1. The fourth-order valence-electron chi connectivity index (χ4n) is 3.05. The summed E-state index contributed by atoms with van der Waals surface area (Å²) < 4.78 is 12.1. The predicted molar refractivity (Wildman–Crippen MR) is 128 cm³/mol. The summed E-state index contributed by atoms with van der Waals surface area (Å²) in [6.07, 6.45) is 4.24. The molecule has 0 radical (unpaired) electrons. The van der Waals surface area contributed by atoms with Crippen LogP contribution >= 0.6 is 15.9 Å². The molecule has 0 aromatic heterocycles. The zero-order chi connectivity index (χ0) is 22.8. The topological polar surface area (TPSA) is 64.6 Å². The molecule has 0 fully saturated rings. The van der Waals surface area contributed by atoms with Crippen LogP contribution < -0.4 is 10.1 Å². The van der Waals surface area contributed by atoms with Crippen LogP contribution in [0.5, 0.6) is 5.75 Å². The zero-order valence-electron chi connectivity index (χ0n) is 18.8. The van der Waals surface area contributed by atoms with Crippen molar-refractivity contribution < 1.29 is 19.1 Å². The van der Waals surface area contributed by atoms with E-state index in [0.717, 1.165) is 41.3 Å². The summed E-state index contributed by atoms with van der Waals surface area (Å²) in [5.74, 6) is 0.378. The highest BCUT2D eigenvalue weighted by Crippen LogP contribution is 2.32. The minimum atomic E-state index is -0.343. The summed E-state index contributed by atoms with van der Waals surface area (Å²) in [6, 6.07) is 10.7. The molecule has 168 valence electrons. The lowest BCUT2D eigenvalue weighted by Crippen LogP contribution is -2.20. The Hall–Kier alpha value is -2.34. The van der Waals surface area contributed by atoms with Crippen LogP contribution in [0, 0.1) is 6.92 Å². The molecule has 6 heteroatoms. The highest BCUT2D eigenvalue weighted by molar-refractivity contribution is 9.10. The minimum absolute atomic E-state index is 0.0949. The maximum atomic E-state index is 12.3. The molecule has 31 heavy (non-hydrogen) atoms. The van der Waals surface area contributed by atoms with Crippen LogP contribution in [-0.2, 0) is 9.53 Å². The molecule has 0 atom stereocenters. The number of hydrogen-bond donors (Lipinski definition) is 1. The molecule has 0 unspecified atom stereocenters. The van der Waals surface area contributed by atoms with Crippen LogP contribution in [0.15, 0.2) is 40.9 Å². The number of carbonyl (C=O) groups is 2. The molecule has 5 nitrogen and oxygen atoms in total. The van der Waals surface area contributed by atoms with Crippen molar-refractivity contribution in [1.29, 1.82) is 0 Å². The van der Waals surface area contributed by atoms with Crippen molar-refractivity contribution in [2.75, 3.05) is 18.5 Å². The van der Waals surface area contributed by atoms with E-state index >= 15 is 0 Å². The highest BCUT2D eigenvalue weighted by atomic mass is 79.9. The van der Waals surface area contributed by atoms with Gasteiger partial charge >= 0.3 is 5.97 Å². The lowest BCUT2D eigenvalue weighted by atomic mass is 10.0. The van der Waals surface area contributed by atoms with Gasteiger partial charge in [0.25, 0.3) is 5.91 Å². The fourth-order valence-corrected chi connectivity index (χ4v) is 3.41. The van der Waals surface area contributed by atoms with Crippen molar-refractivity contribution in [3.63, 3.8) is 0 Å². The third kappa shape index (κ3) is 8.02. The summed E-state index contributed by atoms with van der Waals surface area (Å²) in [5, 5.41) is 2.79. The van der Waals surface area contributed by atoms with Crippen LogP contribution in [0.25, 0.3) is 0 Å². The first-order chi connectivity index (χ1) is 14.8. The molecule has 0 bridgehead atoms. The second-order valence-electron chi connectivity index (χ2n) is 7.90. The van der Waals surface area contributed by atoms with Crippen molar-refractivity contribution in [1.82, 2.24) is 0 Å². The lowest BCUT2D eigenvalue weighted by molar-refractivity contribution is -0.118. The van der Waals surface area contributed by atoms with Crippen LogP contribution in [0.4, 0.5) is 5.69 Å². The van der Waals surface area contributed by atoms with Gasteiger partial charge in [-0.15, -0.1) is 0 Å². The number of halogens is 1. The van der Waals surface area contributed by atoms with E-state index in [2.05, 4.69) is 42.0 Å². The van der Waals surface area contributed by atoms with Gasteiger partial charge in [-0.25, -0.2) is 4.79 Å². The van der Waals surface area contributed by atoms with E-state index < -0.39 is 0 Å². The Kier molecular flexibility index (Phi) is 10.0. The predicted octanol–water partition coefficient (Wildman–Crippen LogP) is 6.64. The van der Waals surface area contributed by atoms with Crippen LogP contribution in [-0.4, -0.2) is 25.1 Å². The van der Waals surface area contributed by atoms with Gasteiger partial charge in [0.05, 0.1) is 12.2 Å². The van der Waals surface area contributed by atoms with E-state index in [1.54, 1.807) is 24.3 Å². The third-order valence-corrected chi connectivity index (χ3v) is 5.76. The van der Waals surface area contributed by atoms with Crippen LogP contribution in [0.1, 0.15) is 73.9 Å². The Morgan fingerprint density at radius 1 is 1.06 bits per heavy atom. The summed E-state index contributed by atoms with van der Waals surface area (Å²) in [7, 11) is 0. The first kappa shape index (κ1) is 24.9. The molecular formula is C25H32BrNO4. The molecule has 2 aromatic carbocycles. The van der Waals surface area contributed by atoms with Crippen molar-refractivity contribution in [2.24, 2.45) is 0 Å². The first-order valence-electron chi connectivity index (χ1n) is 10.8. The number of carbonyl (C=O) groups excluding carboxylic acids is 2. The van der Waals surface area contributed by atoms with E-state index in [0.29, 0.717) is 23.6 Å². The lowest BCUT2D eigenvalue weighted by Gasteiger charge is -2.16. The number of amides is 1. The quantitative estimate of drug-likeness (QED) is 0.284. The van der Waals surface area contributed by atoms with E-state index in [1.807, 2.05) is 19.1 Å². The average Bonchev–Trinajstić information content (AvgIpc) is 2.74. The number of anilines is 1. The Balaban J connectivity index is 1.86. The van der Waals surface area contributed by atoms with Gasteiger partial charge in [0.15, 0.2) is 6.61 Å². The van der Waals surface area contributed by atoms with Gasteiger partial charge in [-0.2, -0.15) is 0 Å². The Labute approximate surface area is 193 Å². The molecule has 0 saturated heterocycles. The molecule has 1 N–H and O–H groups in total. The van der Waals surface area contributed by atoms with Crippen molar-refractivity contribution in [2.45, 2.75) is 59.3 Å². The Morgan fingerprint density at radius 2 is 1.77 bits per heavy atom. The summed E-state index contributed by atoms with van der Waals surface area (Å²) in [6.45, 7) is 8.64. The SMILES string of the molecule is CCCCCCOC(=O)c1ccc(NC(=O)COc2cc(C)c(Br)cc2C(C)C)cc1. The van der Waals surface area contributed by atoms with Gasteiger partial charge in [-0.3, -0.25) is 4.79 Å². The smallest absolute Gasteiger partial charge is 0.338 e. The maximum Gasteiger partial charge on any atom is 0.338 e. The molecule has 0 saturated carbocycles. The van der Waals surface area contributed by atoms with Crippen LogP contribution in [0.3, 0.4) is 0 Å². The van der Waals surface area contributed by atoms with Crippen LogP contribution in [0.2, 0.25) is 0 Å². The van der Waals surface area contributed by atoms with Gasteiger partial charge in [-0.1, -0.05) is 56.0 Å². The fraction of sp³-hybridized carbons (Fsp3) is 0.440. The second-order valence-corrected chi connectivity index (χ2v) is 8.76. The van der Waals surface area contributed by atoms with Gasteiger partial charge in [-0.05, 0) is 66.8 Å². The number of aryl methyl sites for hydroxylation is 1. The molecular weight excluding hydrogens is 458 g/mol. The number of rotatable bonds is 11. The number of hydrogen-bond acceptors (Lipinski definition) is 4. The number of nitrogens with one attached hydrogen (secondary N) is 1. The first-order valence-corrected chi connectivity index (χ1v) is 11.6. The van der Waals surface area contributed by atoms with Gasteiger partial charge in [0.2, 0.25) is 0 Å². The minimum Gasteiger partial charge on any atom is -0.483 e. The molecule has 2 rings (SSSR count). The molecule has 0 spiro atoms. The van der Waals surface area contributed by atoms with E-state index in [-0.39, 0.29) is 24.4 Å². The van der Waals surface area contributed by atoms with Gasteiger partial charge in [0, 0.05) is 10.2 Å². The van der Waals surface area contributed by atoms with E-state index in [9.17, 15) is 9.59 Å². The van der Waals surface area contributed by atoms with Gasteiger partial charge < -0.3 is 14.8 Å². The van der Waals surface area contributed by atoms with Crippen molar-refractivity contribution in [3.05, 3.63) is 57.6 Å². The zero-order valence-corrected chi connectivity index (χ0v) is 20.4. The molecule has 1 amide bonds. The highest BCUT2D eigenvalue weighted by Gasteiger charge is 2.13. The van der Waals surface area contributed by atoms with Gasteiger partial charge in [0.1, 0.15) is 5.75 Å². The Morgan fingerprint density at radius 3 is 2.42 bits per heavy atom. The molecule has 0 aliphatic carbocycles. The molecule has 0 heterocycles. The summed E-state index contributed by atoms with van der Waals surface area (Å²) in [4.78, 5) is 24.4. The standard InChI is InChI=1S/C25H32BrNO4/c1-5-6-7-8-13-30-25(29)19-9-11-20(12-10-19)27-24(28)16-31-23-14-18(4)22(26)15-21(23)17(2)3/h9-12,14-15,17H,5-8,13,16H2,1-4H3,(H,27,28). The summed E-state index contributed by atoms with van der Waals surface area (Å²) in [5.41, 5.74) is 3.16. The van der Waals surface area contributed by atoms with E-state index in [4.69, 9.17) is 9.47 Å².